The normalized spacial score (nSPS) is 13.5. The highest BCUT2D eigenvalue weighted by molar-refractivity contribution is 5.69. The quantitative estimate of drug-likeness (QED) is 0.493. The number of alkyl halides is 3. The van der Waals surface area contributed by atoms with Crippen molar-refractivity contribution in [3.05, 3.63) is 41.7 Å². The summed E-state index contributed by atoms with van der Waals surface area (Å²) in [7, 11) is 0. The summed E-state index contributed by atoms with van der Waals surface area (Å²) in [6.07, 6.45) is -3.69. The van der Waals surface area contributed by atoms with Gasteiger partial charge in [0.1, 0.15) is 5.82 Å². The van der Waals surface area contributed by atoms with Gasteiger partial charge in [0.05, 0.1) is 25.4 Å². The van der Waals surface area contributed by atoms with Crippen LogP contribution in [0.1, 0.15) is 56.8 Å². The molecule has 1 unspecified atom stereocenters. The first-order chi connectivity index (χ1) is 14.7. The van der Waals surface area contributed by atoms with Crippen LogP contribution in [0.4, 0.5) is 24.7 Å². The molecule has 0 aliphatic heterocycles. The van der Waals surface area contributed by atoms with Crippen LogP contribution in [0.5, 0.6) is 5.88 Å². The molecule has 170 valence electrons. The van der Waals surface area contributed by atoms with Gasteiger partial charge in [0.25, 0.3) is 0 Å². The molecule has 1 aromatic heterocycles. The van der Waals surface area contributed by atoms with Crippen LogP contribution in [0.3, 0.4) is 0 Å². The molecule has 0 aliphatic carbocycles. The number of carboxylic acids is 1. The Balaban J connectivity index is 2.49. The fraction of sp³-hybridized carbons (Fsp3) is 0.476. The molecular formula is C21H26F3N3O4. The highest BCUT2D eigenvalue weighted by atomic mass is 19.4. The molecule has 0 amide bonds. The summed E-state index contributed by atoms with van der Waals surface area (Å²) >= 11 is 0. The van der Waals surface area contributed by atoms with Crippen LogP contribution < -0.4 is 10.1 Å². The number of benzene rings is 1. The third-order valence-electron chi connectivity index (χ3n) is 4.56. The van der Waals surface area contributed by atoms with Crippen LogP contribution in [0.2, 0.25) is 0 Å². The van der Waals surface area contributed by atoms with Crippen molar-refractivity contribution in [1.82, 2.24) is 9.97 Å². The van der Waals surface area contributed by atoms with Crippen molar-refractivity contribution in [2.24, 2.45) is 0 Å². The van der Waals surface area contributed by atoms with Gasteiger partial charge in [-0.2, -0.15) is 13.2 Å². The number of carboxylic acid groups (broad SMARTS) is 1. The van der Waals surface area contributed by atoms with E-state index in [9.17, 15) is 18.0 Å². The molecule has 2 N–H and O–H groups in total. The Morgan fingerprint density at radius 2 is 1.90 bits per heavy atom. The Labute approximate surface area is 178 Å². The van der Waals surface area contributed by atoms with Crippen molar-refractivity contribution in [1.29, 1.82) is 0 Å². The smallest absolute Gasteiger partial charge is 0.418 e. The van der Waals surface area contributed by atoms with Crippen molar-refractivity contribution < 1.29 is 32.5 Å². The summed E-state index contributed by atoms with van der Waals surface area (Å²) in [5.74, 6) is -0.831. The SMILES string of the molecule is CCOc1cnc(Nc2cc(C(CC)CC(=O)O)ccc2[C@@H](OCC)C(F)(F)F)cn1. The summed E-state index contributed by atoms with van der Waals surface area (Å²) in [6, 6.07) is 4.35. The highest BCUT2D eigenvalue weighted by Crippen LogP contribution is 2.41. The molecule has 31 heavy (non-hydrogen) atoms. The van der Waals surface area contributed by atoms with Crippen LogP contribution >= 0.6 is 0 Å². The molecule has 1 heterocycles. The van der Waals surface area contributed by atoms with Crippen molar-refractivity contribution in [2.45, 2.75) is 51.8 Å². The zero-order valence-electron chi connectivity index (χ0n) is 17.6. The van der Waals surface area contributed by atoms with Crippen molar-refractivity contribution in [3.8, 4) is 5.88 Å². The fourth-order valence-corrected chi connectivity index (χ4v) is 3.14. The third-order valence-corrected chi connectivity index (χ3v) is 4.56. The average molecular weight is 441 g/mol. The molecule has 0 saturated heterocycles. The zero-order chi connectivity index (χ0) is 23.0. The molecule has 0 bridgehead atoms. The van der Waals surface area contributed by atoms with E-state index < -0.39 is 18.2 Å². The minimum atomic E-state index is -4.64. The summed E-state index contributed by atoms with van der Waals surface area (Å²) < 4.78 is 51.2. The van der Waals surface area contributed by atoms with Crippen molar-refractivity contribution in [3.63, 3.8) is 0 Å². The third kappa shape index (κ3) is 6.81. The van der Waals surface area contributed by atoms with Gasteiger partial charge in [0.15, 0.2) is 6.10 Å². The van der Waals surface area contributed by atoms with Gasteiger partial charge in [-0.1, -0.05) is 19.1 Å². The Morgan fingerprint density at radius 1 is 1.16 bits per heavy atom. The highest BCUT2D eigenvalue weighted by Gasteiger charge is 2.43. The number of aromatic nitrogens is 2. The van der Waals surface area contributed by atoms with Crippen LogP contribution in [-0.2, 0) is 9.53 Å². The molecule has 0 spiro atoms. The van der Waals surface area contributed by atoms with E-state index in [2.05, 4.69) is 15.3 Å². The first kappa shape index (κ1) is 24.4. The number of nitrogens with one attached hydrogen (secondary N) is 1. The average Bonchev–Trinajstić information content (AvgIpc) is 2.71. The fourth-order valence-electron chi connectivity index (χ4n) is 3.14. The summed E-state index contributed by atoms with van der Waals surface area (Å²) in [6.45, 7) is 5.36. The minimum absolute atomic E-state index is 0.121. The first-order valence-electron chi connectivity index (χ1n) is 9.95. The topological polar surface area (TPSA) is 93.6 Å². The van der Waals surface area contributed by atoms with Gasteiger partial charge in [-0.15, -0.1) is 0 Å². The standard InChI is InChI=1S/C21H26F3N3O4/c1-4-13(10-19(28)29)14-7-8-15(20(31-6-3)21(22,23)24)16(9-14)27-17-11-26-18(12-25-17)30-5-2/h7-9,11-13,20H,4-6,10H2,1-3H3,(H,25,27)(H,28,29)/t13?,20-/m1/s1. The van der Waals surface area contributed by atoms with Gasteiger partial charge in [-0.05, 0) is 37.8 Å². The molecule has 1 aromatic carbocycles. The second-order valence-corrected chi connectivity index (χ2v) is 6.72. The van der Waals surface area contributed by atoms with Crippen LogP contribution in [-0.4, -0.2) is 40.4 Å². The largest absolute Gasteiger partial charge is 0.481 e. The molecule has 0 aliphatic rings. The molecule has 0 saturated carbocycles. The van der Waals surface area contributed by atoms with Crippen LogP contribution in [0.15, 0.2) is 30.6 Å². The molecule has 10 heteroatoms. The molecule has 2 aromatic rings. The van der Waals surface area contributed by atoms with Gasteiger partial charge in [0.2, 0.25) is 5.88 Å². The Hall–Kier alpha value is -2.88. The molecule has 0 radical (unpaired) electrons. The maximum atomic E-state index is 13.7. The number of nitrogens with zero attached hydrogens (tertiary/aromatic N) is 2. The maximum absolute atomic E-state index is 13.7. The van der Waals surface area contributed by atoms with E-state index in [1.54, 1.807) is 6.92 Å². The van der Waals surface area contributed by atoms with E-state index in [1.807, 2.05) is 6.92 Å². The number of anilines is 2. The first-order valence-corrected chi connectivity index (χ1v) is 9.95. The van der Waals surface area contributed by atoms with E-state index in [4.69, 9.17) is 14.6 Å². The Bertz CT molecular complexity index is 860. The molecule has 2 rings (SSSR count). The predicted octanol–water partition coefficient (Wildman–Crippen LogP) is 5.23. The van der Waals surface area contributed by atoms with Crippen molar-refractivity contribution >= 4 is 17.5 Å². The number of hydrogen-bond donors (Lipinski definition) is 2. The van der Waals surface area contributed by atoms with Gasteiger partial charge < -0.3 is 19.9 Å². The van der Waals surface area contributed by atoms with E-state index in [0.717, 1.165) is 0 Å². The van der Waals surface area contributed by atoms with Gasteiger partial charge in [-0.3, -0.25) is 4.79 Å². The summed E-state index contributed by atoms with van der Waals surface area (Å²) in [5, 5.41) is 12.0. The lowest BCUT2D eigenvalue weighted by atomic mass is 9.91. The second-order valence-electron chi connectivity index (χ2n) is 6.72. The summed E-state index contributed by atoms with van der Waals surface area (Å²) in [4.78, 5) is 19.4. The van der Waals surface area contributed by atoms with E-state index in [0.29, 0.717) is 18.6 Å². The monoisotopic (exact) mass is 441 g/mol. The van der Waals surface area contributed by atoms with Gasteiger partial charge in [0, 0.05) is 17.9 Å². The Morgan fingerprint density at radius 3 is 2.42 bits per heavy atom. The lowest BCUT2D eigenvalue weighted by molar-refractivity contribution is -0.222. The predicted molar refractivity (Wildman–Crippen MR) is 109 cm³/mol. The second kappa shape index (κ2) is 10.9. The minimum Gasteiger partial charge on any atom is -0.481 e. The number of ether oxygens (including phenoxy) is 2. The zero-order valence-corrected chi connectivity index (χ0v) is 17.6. The number of rotatable bonds is 11. The summed E-state index contributed by atoms with van der Waals surface area (Å²) in [5.41, 5.74) is 0.599. The number of hydrogen-bond acceptors (Lipinski definition) is 6. The number of aliphatic carboxylic acids is 1. The molecular weight excluding hydrogens is 415 g/mol. The van der Waals surface area contributed by atoms with Crippen LogP contribution in [0.25, 0.3) is 0 Å². The molecule has 2 atom stereocenters. The van der Waals surface area contributed by atoms with E-state index >= 15 is 0 Å². The van der Waals surface area contributed by atoms with E-state index in [-0.39, 0.29) is 41.9 Å². The lowest BCUT2D eigenvalue weighted by Crippen LogP contribution is -2.24. The lowest BCUT2D eigenvalue weighted by Gasteiger charge is -2.25. The maximum Gasteiger partial charge on any atom is 0.418 e. The van der Waals surface area contributed by atoms with Gasteiger partial charge >= 0.3 is 12.1 Å². The molecule has 0 fully saturated rings. The number of carbonyl (C=O) groups is 1. The number of halogens is 3. The van der Waals surface area contributed by atoms with Crippen molar-refractivity contribution in [2.75, 3.05) is 18.5 Å². The Kier molecular flexibility index (Phi) is 8.61. The van der Waals surface area contributed by atoms with Crippen LogP contribution in [0, 0.1) is 0 Å². The van der Waals surface area contributed by atoms with Gasteiger partial charge in [-0.25, -0.2) is 9.97 Å². The van der Waals surface area contributed by atoms with E-state index in [1.165, 1.54) is 37.5 Å². The molecule has 7 nitrogen and oxygen atoms in total.